The molecule has 0 amide bonds. The molecule has 1 heterocycles. The highest BCUT2D eigenvalue weighted by atomic mass is 14.9. The zero-order valence-electron chi connectivity index (χ0n) is 4.78. The molecule has 1 rings (SSSR count). The summed E-state index contributed by atoms with van der Waals surface area (Å²) >= 11 is 0. The van der Waals surface area contributed by atoms with Gasteiger partial charge >= 0.3 is 0 Å². The van der Waals surface area contributed by atoms with Gasteiger partial charge in [-0.25, -0.2) is 0 Å². The summed E-state index contributed by atoms with van der Waals surface area (Å²) in [6, 6.07) is 0. The summed E-state index contributed by atoms with van der Waals surface area (Å²) in [4.78, 5) is 0. The lowest BCUT2D eigenvalue weighted by atomic mass is 10.3. The van der Waals surface area contributed by atoms with Crippen LogP contribution in [0.1, 0.15) is 6.42 Å². The maximum Gasteiger partial charge on any atom is 0.0528 e. The normalized spacial score (nSPS) is 17.2. The average molecular weight is 110 g/mol. The van der Waals surface area contributed by atoms with Crippen molar-refractivity contribution in [1.82, 2.24) is 5.32 Å². The number of nitrogens with two attached hydrogens (primary N) is 1. The summed E-state index contributed by atoms with van der Waals surface area (Å²) in [7, 11) is 0. The number of hydrogen-bond acceptors (Lipinski definition) is 2. The second kappa shape index (κ2) is 1.90. The van der Waals surface area contributed by atoms with E-state index < -0.39 is 0 Å². The minimum absolute atomic E-state index is 0.641. The van der Waals surface area contributed by atoms with Gasteiger partial charge < -0.3 is 11.1 Å². The van der Waals surface area contributed by atoms with Crippen LogP contribution in [0.15, 0.2) is 24.0 Å². The van der Waals surface area contributed by atoms with Crippen LogP contribution in [0.2, 0.25) is 0 Å². The quantitative estimate of drug-likeness (QED) is 0.510. The molecule has 3 N–H and O–H groups in total. The van der Waals surface area contributed by atoms with Gasteiger partial charge in [0.1, 0.15) is 0 Å². The monoisotopic (exact) mass is 110 g/mol. The first-order chi connectivity index (χ1) is 3.80. The van der Waals surface area contributed by atoms with E-state index in [0.29, 0.717) is 5.70 Å². The Balaban J connectivity index is 2.57. The number of rotatable bonds is 1. The van der Waals surface area contributed by atoms with Crippen molar-refractivity contribution in [2.45, 2.75) is 6.42 Å². The van der Waals surface area contributed by atoms with Crippen molar-refractivity contribution in [3.8, 4) is 0 Å². The van der Waals surface area contributed by atoms with Gasteiger partial charge in [0, 0.05) is 12.2 Å². The minimum Gasteiger partial charge on any atom is -0.398 e. The van der Waals surface area contributed by atoms with E-state index >= 15 is 0 Å². The summed E-state index contributed by atoms with van der Waals surface area (Å²) in [6.45, 7) is 4.59. The average Bonchev–Trinajstić information content (AvgIpc) is 2.12. The van der Waals surface area contributed by atoms with Crippen LogP contribution in [0, 0.1) is 0 Å². The molecule has 0 aromatic carbocycles. The fraction of sp³-hybridized carbons (Fsp3) is 0.333. The van der Waals surface area contributed by atoms with Crippen LogP contribution in [0.4, 0.5) is 0 Å². The molecule has 44 valence electrons. The highest BCUT2D eigenvalue weighted by Gasteiger charge is 2.01. The van der Waals surface area contributed by atoms with Crippen LogP contribution in [0.5, 0.6) is 0 Å². The molecular weight excluding hydrogens is 100 g/mol. The zero-order chi connectivity index (χ0) is 5.98. The van der Waals surface area contributed by atoms with Crippen molar-refractivity contribution < 1.29 is 0 Å². The fourth-order valence-corrected chi connectivity index (χ4v) is 0.740. The molecule has 1 aliphatic heterocycles. The van der Waals surface area contributed by atoms with Gasteiger partial charge in [-0.2, -0.15) is 0 Å². The van der Waals surface area contributed by atoms with Gasteiger partial charge in [0.05, 0.1) is 5.70 Å². The Bertz CT molecular complexity index is 135. The maximum absolute atomic E-state index is 5.37. The first-order valence-electron chi connectivity index (χ1n) is 2.69. The molecule has 2 nitrogen and oxygen atoms in total. The number of hydrogen-bond donors (Lipinski definition) is 2. The summed E-state index contributed by atoms with van der Waals surface area (Å²) in [5.74, 6) is 0. The Morgan fingerprint density at radius 3 is 2.88 bits per heavy atom. The lowest BCUT2D eigenvalue weighted by Crippen LogP contribution is -2.12. The van der Waals surface area contributed by atoms with Gasteiger partial charge in [0.25, 0.3) is 0 Å². The second-order valence-corrected chi connectivity index (χ2v) is 1.86. The smallest absolute Gasteiger partial charge is 0.0528 e. The molecule has 0 saturated heterocycles. The first-order valence-corrected chi connectivity index (χ1v) is 2.69. The molecule has 2 heteroatoms. The van der Waals surface area contributed by atoms with E-state index in [-0.39, 0.29) is 0 Å². The van der Waals surface area contributed by atoms with Crippen molar-refractivity contribution in [1.29, 1.82) is 0 Å². The predicted octanol–water partition coefficient (Wildman–Crippen LogP) is 0.336. The molecule has 0 atom stereocenters. The molecule has 0 saturated carbocycles. The van der Waals surface area contributed by atoms with Crippen LogP contribution >= 0.6 is 0 Å². The molecule has 0 aliphatic carbocycles. The summed E-state index contributed by atoms with van der Waals surface area (Å²) in [6.07, 6.45) is 3.13. The van der Waals surface area contributed by atoms with Crippen molar-refractivity contribution in [3.63, 3.8) is 0 Å². The highest BCUT2D eigenvalue weighted by molar-refractivity contribution is 5.25. The molecular formula is C6H10N2. The van der Waals surface area contributed by atoms with Crippen LogP contribution in [0.3, 0.4) is 0 Å². The third-order valence-corrected chi connectivity index (χ3v) is 1.15. The molecule has 8 heavy (non-hydrogen) atoms. The Hall–Kier alpha value is -0.920. The van der Waals surface area contributed by atoms with Gasteiger partial charge in [0.15, 0.2) is 0 Å². The van der Waals surface area contributed by atoms with E-state index in [9.17, 15) is 0 Å². The molecule has 0 aromatic heterocycles. The SMILES string of the molecule is C=C(N)C1=CCCN1. The standard InChI is InChI=1S/C6H10N2/c1-5(7)6-3-2-4-8-6/h3,8H,1-2,4,7H2. The summed E-state index contributed by atoms with van der Waals surface area (Å²) < 4.78 is 0. The minimum atomic E-state index is 0.641. The van der Waals surface area contributed by atoms with Gasteiger partial charge in [-0.3, -0.25) is 0 Å². The molecule has 0 bridgehead atoms. The molecule has 0 unspecified atom stereocenters. The van der Waals surface area contributed by atoms with E-state index in [1.54, 1.807) is 0 Å². The lowest BCUT2D eigenvalue weighted by molar-refractivity contribution is 0.879. The molecule has 0 fully saturated rings. The molecule has 0 aromatic rings. The third kappa shape index (κ3) is 0.832. The van der Waals surface area contributed by atoms with Crippen molar-refractivity contribution in [3.05, 3.63) is 24.0 Å². The van der Waals surface area contributed by atoms with Gasteiger partial charge in [-0.15, -0.1) is 0 Å². The van der Waals surface area contributed by atoms with E-state index in [0.717, 1.165) is 18.7 Å². The van der Waals surface area contributed by atoms with Crippen molar-refractivity contribution in [2.75, 3.05) is 6.54 Å². The molecule has 0 spiro atoms. The Kier molecular flexibility index (Phi) is 1.24. The third-order valence-electron chi connectivity index (χ3n) is 1.15. The van der Waals surface area contributed by atoms with E-state index in [4.69, 9.17) is 5.73 Å². The van der Waals surface area contributed by atoms with Crippen LogP contribution in [-0.4, -0.2) is 6.54 Å². The van der Waals surface area contributed by atoms with Crippen LogP contribution < -0.4 is 11.1 Å². The van der Waals surface area contributed by atoms with Gasteiger partial charge in [0.2, 0.25) is 0 Å². The predicted molar refractivity (Wildman–Crippen MR) is 34.0 cm³/mol. The van der Waals surface area contributed by atoms with E-state index in [2.05, 4.69) is 18.0 Å². The Morgan fingerprint density at radius 2 is 2.62 bits per heavy atom. The maximum atomic E-state index is 5.37. The topological polar surface area (TPSA) is 38.0 Å². The first kappa shape index (κ1) is 5.22. The molecule has 1 aliphatic rings. The Morgan fingerprint density at radius 1 is 1.88 bits per heavy atom. The lowest BCUT2D eigenvalue weighted by Gasteiger charge is -1.99. The van der Waals surface area contributed by atoms with Crippen LogP contribution in [-0.2, 0) is 0 Å². The largest absolute Gasteiger partial charge is 0.398 e. The zero-order valence-corrected chi connectivity index (χ0v) is 4.78. The molecule has 0 radical (unpaired) electrons. The fourth-order valence-electron chi connectivity index (χ4n) is 0.740. The van der Waals surface area contributed by atoms with Crippen molar-refractivity contribution in [2.24, 2.45) is 5.73 Å². The van der Waals surface area contributed by atoms with E-state index in [1.165, 1.54) is 0 Å². The van der Waals surface area contributed by atoms with Gasteiger partial charge in [-0.05, 0) is 6.42 Å². The number of nitrogens with one attached hydrogen (secondary N) is 1. The van der Waals surface area contributed by atoms with Crippen LogP contribution in [0.25, 0.3) is 0 Å². The second-order valence-electron chi connectivity index (χ2n) is 1.86. The summed E-state index contributed by atoms with van der Waals surface area (Å²) in [5, 5.41) is 3.09. The van der Waals surface area contributed by atoms with Crippen molar-refractivity contribution >= 4 is 0 Å². The Labute approximate surface area is 49.1 Å². The van der Waals surface area contributed by atoms with E-state index in [1.807, 2.05) is 0 Å². The summed E-state index contributed by atoms with van der Waals surface area (Å²) in [5.41, 5.74) is 7.02. The van der Waals surface area contributed by atoms with Gasteiger partial charge in [-0.1, -0.05) is 12.7 Å². The highest BCUT2D eigenvalue weighted by Crippen LogP contribution is 2.04.